The molecular formula is C21H23FN2O3. The molecule has 1 aromatic carbocycles. The number of halogens is 1. The van der Waals surface area contributed by atoms with Crippen molar-refractivity contribution in [3.63, 3.8) is 0 Å². The second kappa shape index (κ2) is 7.27. The molecule has 1 aromatic rings. The van der Waals surface area contributed by atoms with Crippen molar-refractivity contribution in [2.45, 2.75) is 25.2 Å². The molecule has 2 aliphatic heterocycles. The van der Waals surface area contributed by atoms with Gasteiger partial charge in [0.1, 0.15) is 5.82 Å². The Morgan fingerprint density at radius 3 is 2.70 bits per heavy atom. The number of benzene rings is 1. The van der Waals surface area contributed by atoms with Gasteiger partial charge in [0.2, 0.25) is 5.91 Å². The second-order valence-corrected chi connectivity index (χ2v) is 7.23. The van der Waals surface area contributed by atoms with Crippen LogP contribution in [0.5, 0.6) is 0 Å². The van der Waals surface area contributed by atoms with Crippen molar-refractivity contribution in [1.82, 2.24) is 10.2 Å². The van der Waals surface area contributed by atoms with Crippen molar-refractivity contribution >= 4 is 11.7 Å². The molecule has 5 nitrogen and oxygen atoms in total. The maximum Gasteiger partial charge on any atom is 0.232 e. The maximum atomic E-state index is 14.7. The van der Waals surface area contributed by atoms with E-state index in [1.807, 2.05) is 0 Å². The Kier molecular flexibility index (Phi) is 4.83. The van der Waals surface area contributed by atoms with Crippen LogP contribution in [0.2, 0.25) is 0 Å². The van der Waals surface area contributed by atoms with Gasteiger partial charge in [-0.1, -0.05) is 24.8 Å². The van der Waals surface area contributed by atoms with E-state index >= 15 is 0 Å². The first kappa shape index (κ1) is 17.9. The fourth-order valence-corrected chi connectivity index (χ4v) is 4.33. The van der Waals surface area contributed by atoms with Crippen LogP contribution in [-0.2, 0) is 14.3 Å². The molecule has 1 N–H and O–H groups in total. The zero-order chi connectivity index (χ0) is 19.0. The number of nitrogens with zero attached hydrogens (tertiary/aromatic N) is 1. The number of allylic oxidation sites excluding steroid dienone is 2. The summed E-state index contributed by atoms with van der Waals surface area (Å²) in [5.41, 5.74) is 2.25. The highest BCUT2D eigenvalue weighted by atomic mass is 19.1. The molecule has 1 amide bonds. The van der Waals surface area contributed by atoms with Gasteiger partial charge in [-0.3, -0.25) is 9.59 Å². The van der Waals surface area contributed by atoms with Gasteiger partial charge in [0.25, 0.3) is 0 Å². The van der Waals surface area contributed by atoms with Crippen LogP contribution in [0.25, 0.3) is 0 Å². The number of rotatable bonds is 2. The smallest absolute Gasteiger partial charge is 0.232 e. The molecule has 0 saturated carbocycles. The number of Topliss-reactive ketones (excluding diaryl/α,β-unsaturated/α-hetero) is 1. The number of ketones is 1. The summed E-state index contributed by atoms with van der Waals surface area (Å²) in [7, 11) is 0. The lowest BCUT2D eigenvalue weighted by Gasteiger charge is -2.41. The number of hydrogen-bond donors (Lipinski definition) is 1. The highest BCUT2D eigenvalue weighted by molar-refractivity contribution is 6.00. The average Bonchev–Trinajstić information content (AvgIpc) is 2.68. The van der Waals surface area contributed by atoms with Crippen molar-refractivity contribution in [3.8, 4) is 0 Å². The largest absolute Gasteiger partial charge is 0.378 e. The predicted molar refractivity (Wildman–Crippen MR) is 98.2 cm³/mol. The Morgan fingerprint density at radius 1 is 1.22 bits per heavy atom. The summed E-state index contributed by atoms with van der Waals surface area (Å²) < 4.78 is 20.1. The van der Waals surface area contributed by atoms with E-state index in [1.165, 1.54) is 6.07 Å². The quantitative estimate of drug-likeness (QED) is 0.869. The van der Waals surface area contributed by atoms with Crippen molar-refractivity contribution in [2.75, 3.05) is 26.3 Å². The molecular weight excluding hydrogens is 347 g/mol. The Labute approximate surface area is 157 Å². The van der Waals surface area contributed by atoms with Crippen LogP contribution >= 0.6 is 0 Å². The van der Waals surface area contributed by atoms with Gasteiger partial charge in [0, 0.05) is 42.4 Å². The fraction of sp³-hybridized carbons (Fsp3) is 0.429. The summed E-state index contributed by atoms with van der Waals surface area (Å²) in [6.45, 7) is 6.02. The summed E-state index contributed by atoms with van der Waals surface area (Å²) in [5, 5.41) is 3.20. The third-order valence-corrected chi connectivity index (χ3v) is 5.62. The van der Waals surface area contributed by atoms with Gasteiger partial charge in [-0.15, -0.1) is 0 Å². The monoisotopic (exact) mass is 370 g/mol. The minimum atomic E-state index is -0.708. The van der Waals surface area contributed by atoms with Crippen molar-refractivity contribution < 1.29 is 18.7 Å². The van der Waals surface area contributed by atoms with E-state index in [9.17, 15) is 14.0 Å². The van der Waals surface area contributed by atoms with Crippen LogP contribution in [0.15, 0.2) is 47.8 Å². The molecule has 2 unspecified atom stereocenters. The zero-order valence-corrected chi connectivity index (χ0v) is 15.2. The molecule has 4 rings (SSSR count). The minimum absolute atomic E-state index is 0.00993. The Bertz CT molecular complexity index is 826. The van der Waals surface area contributed by atoms with Gasteiger partial charge in [-0.2, -0.15) is 0 Å². The molecule has 0 spiro atoms. The topological polar surface area (TPSA) is 58.6 Å². The first-order valence-corrected chi connectivity index (χ1v) is 9.41. The first-order valence-electron chi connectivity index (χ1n) is 9.41. The molecule has 1 fully saturated rings. The van der Waals surface area contributed by atoms with Crippen LogP contribution in [0.3, 0.4) is 0 Å². The molecule has 0 bridgehead atoms. The minimum Gasteiger partial charge on any atom is -0.378 e. The standard InChI is InChI=1S/C21H23FN2O3/c1-13-18(21(26)24-9-11-27-12-10-24)19(14-5-2-3-6-15(14)22)20-16(23-13)7-4-8-17(20)25/h2-3,5-6,18-19,23H,1,4,7-12H2. The van der Waals surface area contributed by atoms with Crippen LogP contribution in [0.1, 0.15) is 30.7 Å². The van der Waals surface area contributed by atoms with Gasteiger partial charge in [-0.05, 0) is 24.5 Å². The van der Waals surface area contributed by atoms with Gasteiger partial charge >= 0.3 is 0 Å². The summed E-state index contributed by atoms with van der Waals surface area (Å²) >= 11 is 0. The second-order valence-electron chi connectivity index (χ2n) is 7.23. The maximum absolute atomic E-state index is 14.7. The van der Waals surface area contributed by atoms with Crippen molar-refractivity contribution in [1.29, 1.82) is 0 Å². The molecule has 1 saturated heterocycles. The fourth-order valence-electron chi connectivity index (χ4n) is 4.33. The Hall–Kier alpha value is -2.47. The molecule has 3 aliphatic rings. The SMILES string of the molecule is C=C1NC2=C(C(=O)CCC2)C(c2ccccc2F)C1C(=O)N1CCOCC1. The molecule has 27 heavy (non-hydrogen) atoms. The number of carbonyl (C=O) groups excluding carboxylic acids is 2. The summed E-state index contributed by atoms with van der Waals surface area (Å²) in [4.78, 5) is 27.9. The molecule has 1 aliphatic carbocycles. The molecule has 2 atom stereocenters. The summed E-state index contributed by atoms with van der Waals surface area (Å²) in [6.07, 6.45) is 1.89. The van der Waals surface area contributed by atoms with Crippen LogP contribution in [0, 0.1) is 11.7 Å². The summed E-state index contributed by atoms with van der Waals surface area (Å²) in [6, 6.07) is 6.41. The highest BCUT2D eigenvalue weighted by Gasteiger charge is 2.45. The van der Waals surface area contributed by atoms with E-state index in [0.717, 1.165) is 12.1 Å². The number of ether oxygens (including phenoxy) is 1. The number of hydrogen-bond acceptors (Lipinski definition) is 4. The molecule has 0 radical (unpaired) electrons. The third kappa shape index (κ3) is 3.18. The van der Waals surface area contributed by atoms with Gasteiger partial charge in [0.05, 0.1) is 19.1 Å². The Morgan fingerprint density at radius 2 is 1.96 bits per heavy atom. The van der Waals surface area contributed by atoms with E-state index < -0.39 is 17.7 Å². The molecule has 142 valence electrons. The third-order valence-electron chi connectivity index (χ3n) is 5.62. The molecule has 2 heterocycles. The van der Waals surface area contributed by atoms with E-state index in [-0.39, 0.29) is 11.7 Å². The normalized spacial score (nSPS) is 25.9. The van der Waals surface area contributed by atoms with Gasteiger partial charge in [0.15, 0.2) is 5.78 Å². The van der Waals surface area contributed by atoms with E-state index in [1.54, 1.807) is 23.1 Å². The van der Waals surface area contributed by atoms with Crippen LogP contribution in [0.4, 0.5) is 4.39 Å². The first-order chi connectivity index (χ1) is 13.1. The van der Waals surface area contributed by atoms with Crippen LogP contribution in [-0.4, -0.2) is 42.9 Å². The van der Waals surface area contributed by atoms with Crippen LogP contribution < -0.4 is 5.32 Å². The van der Waals surface area contributed by atoms with Crippen molar-refractivity contribution in [3.05, 3.63) is 59.2 Å². The molecule has 0 aromatic heterocycles. The van der Waals surface area contributed by atoms with Gasteiger partial charge in [-0.25, -0.2) is 4.39 Å². The van der Waals surface area contributed by atoms with Crippen molar-refractivity contribution in [2.24, 2.45) is 5.92 Å². The zero-order valence-electron chi connectivity index (χ0n) is 15.2. The number of nitrogens with one attached hydrogen (secondary N) is 1. The van der Waals surface area contributed by atoms with Gasteiger partial charge < -0.3 is 15.0 Å². The summed E-state index contributed by atoms with van der Waals surface area (Å²) in [5.74, 6) is -1.89. The lowest BCUT2D eigenvalue weighted by Crippen LogP contribution is -2.49. The van der Waals surface area contributed by atoms with E-state index in [0.29, 0.717) is 56.0 Å². The number of amides is 1. The van der Waals surface area contributed by atoms with E-state index in [2.05, 4.69) is 11.9 Å². The van der Waals surface area contributed by atoms with E-state index in [4.69, 9.17) is 4.74 Å². The highest BCUT2D eigenvalue weighted by Crippen LogP contribution is 2.45. The lowest BCUT2D eigenvalue weighted by atomic mass is 9.71. The number of carbonyl (C=O) groups is 2. The predicted octanol–water partition coefficient (Wildman–Crippen LogP) is 2.51. The number of morpholine rings is 1. The Balaban J connectivity index is 1.82. The molecule has 6 heteroatoms. The lowest BCUT2D eigenvalue weighted by molar-refractivity contribution is -0.139. The average molecular weight is 370 g/mol.